The summed E-state index contributed by atoms with van der Waals surface area (Å²) in [6.07, 6.45) is 0. The van der Waals surface area contributed by atoms with E-state index in [-0.39, 0.29) is 11.6 Å². The number of halogens is 2. The minimum absolute atomic E-state index is 0.286. The van der Waals surface area contributed by atoms with Crippen LogP contribution >= 0.6 is 0 Å². The fourth-order valence-corrected chi connectivity index (χ4v) is 8.92. The predicted octanol–water partition coefficient (Wildman–Crippen LogP) is 14.7. The van der Waals surface area contributed by atoms with Crippen molar-refractivity contribution in [1.82, 2.24) is 0 Å². The summed E-state index contributed by atoms with van der Waals surface area (Å²) >= 11 is 0. The van der Waals surface area contributed by atoms with E-state index in [2.05, 4.69) is 91.5 Å². The molecule has 264 valence electrons. The molecule has 0 aliphatic heterocycles. The van der Waals surface area contributed by atoms with Gasteiger partial charge in [0.1, 0.15) is 11.6 Å². The first-order valence-electron chi connectivity index (χ1n) is 18.7. The van der Waals surface area contributed by atoms with Gasteiger partial charge in [0.25, 0.3) is 0 Å². The largest absolute Gasteiger partial charge is 0.308 e. The summed E-state index contributed by atoms with van der Waals surface area (Å²) in [6.45, 7) is 4.62. The number of benzene rings is 9. The average Bonchev–Trinajstić information content (AvgIpc) is 3.47. The maximum Gasteiger partial charge on any atom is 0.147 e. The molecule has 0 amide bonds. The second kappa shape index (κ2) is 12.7. The Morgan fingerprint density at radius 1 is 0.364 bits per heavy atom. The third-order valence-electron chi connectivity index (χ3n) is 11.3. The summed E-state index contributed by atoms with van der Waals surface area (Å²) < 4.78 is 31.5. The molecule has 0 fully saturated rings. The Morgan fingerprint density at radius 2 is 0.855 bits per heavy atom. The van der Waals surface area contributed by atoms with E-state index in [9.17, 15) is 0 Å². The van der Waals surface area contributed by atoms with Crippen molar-refractivity contribution in [1.29, 1.82) is 0 Å². The quantitative estimate of drug-likeness (QED) is 0.158. The lowest BCUT2D eigenvalue weighted by molar-refractivity contribution is 0.628. The van der Waals surface area contributed by atoms with Crippen molar-refractivity contribution >= 4 is 66.4 Å². The van der Waals surface area contributed by atoms with E-state index in [1.807, 2.05) is 89.8 Å². The van der Waals surface area contributed by atoms with E-state index in [0.29, 0.717) is 11.4 Å². The van der Waals surface area contributed by atoms with E-state index in [4.69, 9.17) is 0 Å². The molecule has 0 heterocycles. The molecule has 0 atom stereocenters. The van der Waals surface area contributed by atoms with Crippen LogP contribution in [0.15, 0.2) is 182 Å². The molecule has 4 heteroatoms. The monoisotopic (exact) mass is 714 g/mol. The highest BCUT2D eigenvalue weighted by atomic mass is 19.1. The van der Waals surface area contributed by atoms with E-state index >= 15 is 8.78 Å². The van der Waals surface area contributed by atoms with Gasteiger partial charge in [-0.05, 0) is 116 Å². The standard InChI is InChI=1S/C51H36F2N2/c1-51(2)42-32-47(55(34-19-7-4-8-20-34)46-28-16-14-26-44(46)53)37-22-10-12-24-39(37)48(42)49-38-23-11-9-21-36(38)41-31-35(29-30-40(41)50(49)51)54(33-17-5-3-6-18-33)45-27-15-13-25-43(45)52/h3-32H,1-2H3. The van der Waals surface area contributed by atoms with Gasteiger partial charge in [-0.1, -0.05) is 129 Å². The second-order valence-electron chi connectivity index (χ2n) is 14.8. The molecular formula is C51H36F2N2. The van der Waals surface area contributed by atoms with Gasteiger partial charge in [0.15, 0.2) is 0 Å². The smallest absolute Gasteiger partial charge is 0.147 e. The second-order valence-corrected chi connectivity index (χ2v) is 14.8. The van der Waals surface area contributed by atoms with Crippen LogP contribution in [-0.2, 0) is 5.41 Å². The summed E-state index contributed by atoms with van der Waals surface area (Å²) in [5.74, 6) is -0.573. The first-order valence-corrected chi connectivity index (χ1v) is 18.7. The van der Waals surface area contributed by atoms with Gasteiger partial charge < -0.3 is 9.80 Å². The van der Waals surface area contributed by atoms with Crippen molar-refractivity contribution in [2.75, 3.05) is 9.80 Å². The first kappa shape index (κ1) is 32.8. The molecule has 0 saturated carbocycles. The molecule has 9 aromatic rings. The Labute approximate surface area is 319 Å². The minimum atomic E-state index is -0.435. The third-order valence-corrected chi connectivity index (χ3v) is 11.3. The molecular weight excluding hydrogens is 679 g/mol. The third kappa shape index (κ3) is 5.05. The summed E-state index contributed by atoms with van der Waals surface area (Å²) in [5, 5.41) is 6.72. The van der Waals surface area contributed by atoms with Crippen molar-refractivity contribution in [3.63, 3.8) is 0 Å². The van der Waals surface area contributed by atoms with Crippen molar-refractivity contribution in [2.45, 2.75) is 19.3 Å². The van der Waals surface area contributed by atoms with Gasteiger partial charge in [-0.3, -0.25) is 0 Å². The average molecular weight is 715 g/mol. The molecule has 9 aromatic carbocycles. The Balaban J connectivity index is 1.27. The zero-order valence-corrected chi connectivity index (χ0v) is 30.5. The Morgan fingerprint density at radius 3 is 1.47 bits per heavy atom. The van der Waals surface area contributed by atoms with Crippen LogP contribution in [0.5, 0.6) is 0 Å². The van der Waals surface area contributed by atoms with Gasteiger partial charge >= 0.3 is 0 Å². The molecule has 0 saturated heterocycles. The van der Waals surface area contributed by atoms with Crippen molar-refractivity contribution in [2.24, 2.45) is 0 Å². The number of hydrogen-bond donors (Lipinski definition) is 0. The maximum atomic E-state index is 15.9. The first-order chi connectivity index (χ1) is 26.9. The molecule has 0 N–H and O–H groups in total. The lowest BCUT2D eigenvalue weighted by Crippen LogP contribution is -2.18. The highest BCUT2D eigenvalue weighted by molar-refractivity contribution is 6.23. The Bertz CT molecular complexity index is 2940. The summed E-state index contributed by atoms with van der Waals surface area (Å²) in [7, 11) is 0. The molecule has 0 bridgehead atoms. The SMILES string of the molecule is CC1(C)c2cc(N(c3ccccc3)c3ccccc3F)c3ccccc3c2-c2c1c1ccc(N(c3ccccc3)c3ccccc3F)cc1c1ccccc21. The van der Waals surface area contributed by atoms with Crippen LogP contribution in [0.25, 0.3) is 43.4 Å². The fourth-order valence-electron chi connectivity index (χ4n) is 8.92. The zero-order chi connectivity index (χ0) is 37.3. The summed E-state index contributed by atoms with van der Waals surface area (Å²) in [5.41, 5.74) is 8.97. The molecule has 0 unspecified atom stereocenters. The van der Waals surface area contributed by atoms with Crippen LogP contribution in [0.3, 0.4) is 0 Å². The normalized spacial score (nSPS) is 12.9. The van der Waals surface area contributed by atoms with Crippen LogP contribution in [0.2, 0.25) is 0 Å². The maximum absolute atomic E-state index is 15.9. The van der Waals surface area contributed by atoms with Crippen LogP contribution in [0.1, 0.15) is 25.0 Å². The number of para-hydroxylation sites is 4. The van der Waals surface area contributed by atoms with Crippen molar-refractivity contribution in [3.05, 3.63) is 205 Å². The minimum Gasteiger partial charge on any atom is -0.308 e. The van der Waals surface area contributed by atoms with Gasteiger partial charge in [0.2, 0.25) is 0 Å². The van der Waals surface area contributed by atoms with Gasteiger partial charge in [0, 0.05) is 27.9 Å². The highest BCUT2D eigenvalue weighted by Gasteiger charge is 2.41. The van der Waals surface area contributed by atoms with Crippen molar-refractivity contribution < 1.29 is 8.78 Å². The molecule has 1 aliphatic rings. The summed E-state index contributed by atoms with van der Waals surface area (Å²) in [4.78, 5) is 4.05. The van der Waals surface area contributed by atoms with Gasteiger partial charge in [-0.25, -0.2) is 8.78 Å². The van der Waals surface area contributed by atoms with E-state index in [0.717, 1.165) is 55.1 Å². The summed E-state index contributed by atoms with van der Waals surface area (Å²) in [6, 6.07) is 60.0. The number of fused-ring (bicyclic) bond motifs is 10. The van der Waals surface area contributed by atoms with E-state index in [1.165, 1.54) is 34.4 Å². The van der Waals surface area contributed by atoms with E-state index in [1.54, 1.807) is 12.1 Å². The van der Waals surface area contributed by atoms with Gasteiger partial charge in [-0.2, -0.15) is 0 Å². The Kier molecular flexibility index (Phi) is 7.57. The number of nitrogens with zero attached hydrogens (tertiary/aromatic N) is 2. The predicted molar refractivity (Wildman–Crippen MR) is 226 cm³/mol. The molecule has 0 radical (unpaired) electrons. The van der Waals surface area contributed by atoms with Crippen LogP contribution in [0.4, 0.5) is 42.9 Å². The molecule has 2 nitrogen and oxygen atoms in total. The molecule has 1 aliphatic carbocycles. The molecule has 55 heavy (non-hydrogen) atoms. The van der Waals surface area contributed by atoms with E-state index < -0.39 is 5.41 Å². The topological polar surface area (TPSA) is 6.48 Å². The number of hydrogen-bond acceptors (Lipinski definition) is 2. The lowest BCUT2D eigenvalue weighted by Gasteiger charge is -2.30. The Hall–Kier alpha value is -6.78. The molecule has 0 aromatic heterocycles. The van der Waals surface area contributed by atoms with Crippen LogP contribution in [0, 0.1) is 11.6 Å². The lowest BCUT2D eigenvalue weighted by atomic mass is 9.79. The number of rotatable bonds is 6. The fraction of sp³-hybridized carbons (Fsp3) is 0.0588. The molecule has 10 rings (SSSR count). The molecule has 0 spiro atoms. The van der Waals surface area contributed by atoms with Crippen molar-refractivity contribution in [3.8, 4) is 11.1 Å². The van der Waals surface area contributed by atoms with Gasteiger partial charge in [-0.15, -0.1) is 0 Å². The number of anilines is 6. The van der Waals surface area contributed by atoms with Crippen LogP contribution in [-0.4, -0.2) is 0 Å². The van der Waals surface area contributed by atoms with Gasteiger partial charge in [0.05, 0.1) is 17.1 Å². The highest BCUT2D eigenvalue weighted by Crippen LogP contribution is 2.59. The van der Waals surface area contributed by atoms with Crippen LogP contribution < -0.4 is 9.80 Å². The zero-order valence-electron chi connectivity index (χ0n) is 30.5.